The van der Waals surface area contributed by atoms with Crippen LogP contribution in [0.15, 0.2) is 77.9 Å². The van der Waals surface area contributed by atoms with Crippen molar-refractivity contribution in [1.82, 2.24) is 30.4 Å². The number of hydrogen-bond acceptors (Lipinski definition) is 9. The highest BCUT2D eigenvalue weighted by atomic mass is 16.5. The van der Waals surface area contributed by atoms with Crippen LogP contribution in [0.2, 0.25) is 0 Å². The van der Waals surface area contributed by atoms with Crippen LogP contribution >= 0.6 is 0 Å². The van der Waals surface area contributed by atoms with Gasteiger partial charge in [0.05, 0.1) is 48.9 Å². The van der Waals surface area contributed by atoms with Crippen molar-refractivity contribution in [1.29, 1.82) is 5.26 Å². The smallest absolute Gasteiger partial charge is 0.267 e. The Balaban J connectivity index is 0.00000226. The van der Waals surface area contributed by atoms with Gasteiger partial charge in [-0.15, -0.1) is 0 Å². The predicted octanol–water partition coefficient (Wildman–Crippen LogP) is 2.39. The van der Waals surface area contributed by atoms with Gasteiger partial charge in [0, 0.05) is 24.3 Å². The van der Waals surface area contributed by atoms with Crippen LogP contribution in [-0.2, 0) is 11.3 Å². The highest BCUT2D eigenvalue weighted by Gasteiger charge is 2.13. The van der Waals surface area contributed by atoms with Crippen LogP contribution in [0.1, 0.15) is 24.5 Å². The van der Waals surface area contributed by atoms with Crippen LogP contribution in [0, 0.1) is 11.3 Å². The number of carbonyl (C=O) groups is 1. The molecule has 0 fully saturated rings. The number of aliphatic hydroxyl groups is 1. The molecular weight excluding hydrogens is 522 g/mol. The Hall–Kier alpha value is -4.92. The number of likely N-dealkylation sites (N-methyl/N-ethyl adjacent to an activating group) is 1. The lowest BCUT2D eigenvalue weighted by Crippen LogP contribution is -2.43. The molecular formula is C30H33N7O4. The molecule has 4 rings (SSSR count). The summed E-state index contributed by atoms with van der Waals surface area (Å²) in [6, 6.07) is 19.7. The lowest BCUT2D eigenvalue weighted by Gasteiger charge is -2.14. The standard InChI is InChI=1S/C29H29N7O3.CH4O/c1-3-25(31-2)29(38)32-12-13-39-24-17-33-28(34-18-24)23-9-5-7-21(15-23)19-36-27(37)11-10-26(35-36)22-8-4-6-20(14-22)16-30;1-2/h4-11,14-15,17-18,25,31H,3,12-13,19H2,1-2H3,(H,32,38);2H,1H3. The molecule has 0 saturated carbocycles. The van der Waals surface area contributed by atoms with Crippen LogP contribution in [0.5, 0.6) is 5.75 Å². The molecule has 0 spiro atoms. The maximum atomic E-state index is 12.5. The fourth-order valence-corrected chi connectivity index (χ4v) is 3.97. The second-order valence-electron chi connectivity index (χ2n) is 8.74. The van der Waals surface area contributed by atoms with Crippen molar-refractivity contribution in [3.05, 3.63) is 94.5 Å². The van der Waals surface area contributed by atoms with Gasteiger partial charge in [0.25, 0.3) is 5.56 Å². The molecule has 1 atom stereocenters. The molecule has 3 N–H and O–H groups in total. The molecule has 0 radical (unpaired) electrons. The number of nitrogens with zero attached hydrogens (tertiary/aromatic N) is 5. The second kappa shape index (κ2) is 15.6. The van der Waals surface area contributed by atoms with Crippen molar-refractivity contribution in [3.8, 4) is 34.5 Å². The summed E-state index contributed by atoms with van der Waals surface area (Å²) in [6.07, 6.45) is 3.88. The zero-order chi connectivity index (χ0) is 29.6. The van der Waals surface area contributed by atoms with Gasteiger partial charge in [-0.05, 0) is 43.3 Å². The summed E-state index contributed by atoms with van der Waals surface area (Å²) in [5, 5.41) is 26.5. The maximum Gasteiger partial charge on any atom is 0.267 e. The summed E-state index contributed by atoms with van der Waals surface area (Å²) in [4.78, 5) is 33.3. The van der Waals surface area contributed by atoms with Crippen LogP contribution in [0.25, 0.3) is 22.6 Å². The number of rotatable bonds is 11. The largest absolute Gasteiger partial charge is 0.489 e. The van der Waals surface area contributed by atoms with Crippen LogP contribution in [0.4, 0.5) is 0 Å². The molecule has 11 nitrogen and oxygen atoms in total. The van der Waals surface area contributed by atoms with Crippen molar-refractivity contribution < 1.29 is 14.6 Å². The molecule has 1 amide bonds. The zero-order valence-corrected chi connectivity index (χ0v) is 23.2. The van der Waals surface area contributed by atoms with Crippen LogP contribution in [0.3, 0.4) is 0 Å². The number of nitriles is 1. The number of aromatic nitrogens is 4. The minimum Gasteiger partial charge on any atom is -0.489 e. The topological polar surface area (TPSA) is 155 Å². The summed E-state index contributed by atoms with van der Waals surface area (Å²) in [5.41, 5.74) is 3.31. The maximum absolute atomic E-state index is 12.5. The first-order valence-electron chi connectivity index (χ1n) is 13.0. The molecule has 4 aromatic rings. The van der Waals surface area contributed by atoms with E-state index in [1.54, 1.807) is 43.7 Å². The lowest BCUT2D eigenvalue weighted by molar-refractivity contribution is -0.123. The van der Waals surface area contributed by atoms with Gasteiger partial charge in [-0.25, -0.2) is 14.6 Å². The van der Waals surface area contributed by atoms with E-state index in [0.29, 0.717) is 42.4 Å². The molecule has 2 heterocycles. The molecule has 2 aromatic carbocycles. The molecule has 212 valence electrons. The minimum absolute atomic E-state index is 0.0625. The van der Waals surface area contributed by atoms with Gasteiger partial charge in [-0.1, -0.05) is 37.3 Å². The first kappa shape index (κ1) is 30.6. The molecule has 2 aromatic heterocycles. The number of carbonyl (C=O) groups excluding carboxylic acids is 1. The first-order chi connectivity index (χ1) is 20.0. The number of hydrogen-bond donors (Lipinski definition) is 3. The highest BCUT2D eigenvalue weighted by molar-refractivity contribution is 5.81. The summed E-state index contributed by atoms with van der Waals surface area (Å²) in [5.74, 6) is 0.949. The second-order valence-corrected chi connectivity index (χ2v) is 8.74. The average molecular weight is 556 g/mol. The molecule has 0 bridgehead atoms. The van der Waals surface area contributed by atoms with Gasteiger partial charge in [-0.3, -0.25) is 9.59 Å². The Morgan fingerprint density at radius 2 is 1.80 bits per heavy atom. The van der Waals surface area contributed by atoms with E-state index >= 15 is 0 Å². The Bertz CT molecular complexity index is 1530. The summed E-state index contributed by atoms with van der Waals surface area (Å²) in [6.45, 7) is 2.88. The quantitative estimate of drug-likeness (QED) is 0.237. The van der Waals surface area contributed by atoms with Gasteiger partial charge in [0.2, 0.25) is 5.91 Å². The fourth-order valence-electron chi connectivity index (χ4n) is 3.97. The average Bonchev–Trinajstić information content (AvgIpc) is 3.02. The van der Waals surface area contributed by atoms with E-state index in [4.69, 9.17) is 9.84 Å². The monoisotopic (exact) mass is 555 g/mol. The van der Waals surface area contributed by atoms with Crippen molar-refractivity contribution in [2.75, 3.05) is 27.3 Å². The van der Waals surface area contributed by atoms with Gasteiger partial charge in [-0.2, -0.15) is 10.4 Å². The van der Waals surface area contributed by atoms with Gasteiger partial charge in [0.15, 0.2) is 11.6 Å². The van der Waals surface area contributed by atoms with Crippen molar-refractivity contribution in [2.45, 2.75) is 25.9 Å². The number of aliphatic hydroxyl groups excluding tert-OH is 1. The van der Waals surface area contributed by atoms with Crippen molar-refractivity contribution >= 4 is 5.91 Å². The summed E-state index contributed by atoms with van der Waals surface area (Å²) in [7, 11) is 2.76. The van der Waals surface area contributed by atoms with E-state index in [1.165, 1.54) is 10.7 Å². The van der Waals surface area contributed by atoms with E-state index in [0.717, 1.165) is 23.8 Å². The lowest BCUT2D eigenvalue weighted by atomic mass is 10.1. The van der Waals surface area contributed by atoms with Gasteiger partial charge in [0.1, 0.15) is 6.61 Å². The zero-order valence-electron chi connectivity index (χ0n) is 23.2. The summed E-state index contributed by atoms with van der Waals surface area (Å²) >= 11 is 0. The van der Waals surface area contributed by atoms with Crippen molar-refractivity contribution in [3.63, 3.8) is 0 Å². The Labute approximate surface area is 238 Å². The van der Waals surface area contributed by atoms with E-state index in [2.05, 4.69) is 31.8 Å². The third-order valence-electron chi connectivity index (χ3n) is 6.04. The van der Waals surface area contributed by atoms with Crippen molar-refractivity contribution in [2.24, 2.45) is 0 Å². The third kappa shape index (κ3) is 8.53. The van der Waals surface area contributed by atoms with E-state index in [1.807, 2.05) is 37.3 Å². The van der Waals surface area contributed by atoms with Gasteiger partial charge >= 0.3 is 0 Å². The van der Waals surface area contributed by atoms with Gasteiger partial charge < -0.3 is 20.5 Å². The van der Waals surface area contributed by atoms with E-state index in [-0.39, 0.29) is 24.1 Å². The Morgan fingerprint density at radius 1 is 1.07 bits per heavy atom. The van der Waals surface area contributed by atoms with Crippen LogP contribution in [-0.4, -0.2) is 64.1 Å². The normalized spacial score (nSPS) is 11.0. The van der Waals surface area contributed by atoms with E-state index < -0.39 is 0 Å². The molecule has 41 heavy (non-hydrogen) atoms. The molecule has 1 unspecified atom stereocenters. The third-order valence-corrected chi connectivity index (χ3v) is 6.04. The highest BCUT2D eigenvalue weighted by Crippen LogP contribution is 2.20. The Kier molecular flexibility index (Phi) is 11.7. The molecule has 0 aliphatic rings. The SMILES string of the molecule is CCC(NC)C(=O)NCCOc1cnc(-c2cccc(Cn3nc(-c4cccc(C#N)c4)ccc3=O)c2)nc1.CO. The molecule has 0 aliphatic carbocycles. The first-order valence-corrected chi connectivity index (χ1v) is 13.0. The predicted molar refractivity (Wildman–Crippen MR) is 155 cm³/mol. The molecule has 11 heteroatoms. The fraction of sp³-hybridized carbons (Fsp3) is 0.267. The number of benzene rings is 2. The number of nitrogens with one attached hydrogen (secondary N) is 2. The summed E-state index contributed by atoms with van der Waals surface area (Å²) < 4.78 is 7.04. The minimum atomic E-state index is -0.231. The van der Waals surface area contributed by atoms with E-state index in [9.17, 15) is 14.9 Å². The van der Waals surface area contributed by atoms with Crippen LogP contribution < -0.4 is 20.9 Å². The number of amides is 1. The molecule has 0 saturated heterocycles. The number of ether oxygens (including phenoxy) is 1. The Morgan fingerprint density at radius 3 is 2.51 bits per heavy atom. The molecule has 0 aliphatic heterocycles.